The quantitative estimate of drug-likeness (QED) is 0.526. The van der Waals surface area contributed by atoms with Crippen LogP contribution in [-0.2, 0) is 9.53 Å². The van der Waals surface area contributed by atoms with Crippen LogP contribution in [-0.4, -0.2) is 13.1 Å². The SMILES string of the molecule is C=C1CCC(CC(=O)OC)C1CC=CCC. The molecule has 0 spiro atoms. The van der Waals surface area contributed by atoms with E-state index in [-0.39, 0.29) is 5.97 Å². The summed E-state index contributed by atoms with van der Waals surface area (Å²) in [6.45, 7) is 6.24. The Morgan fingerprint density at radius 1 is 1.56 bits per heavy atom. The minimum atomic E-state index is -0.0934. The predicted octanol–water partition coefficient (Wildman–Crippen LogP) is 3.49. The summed E-state index contributed by atoms with van der Waals surface area (Å²) in [4.78, 5) is 11.3. The average molecular weight is 222 g/mol. The molecule has 2 nitrogen and oxygen atoms in total. The van der Waals surface area contributed by atoms with Crippen LogP contribution in [0.15, 0.2) is 24.3 Å². The molecular weight excluding hydrogens is 200 g/mol. The Labute approximate surface area is 98.4 Å². The van der Waals surface area contributed by atoms with Gasteiger partial charge in [0.1, 0.15) is 0 Å². The lowest BCUT2D eigenvalue weighted by Gasteiger charge is -2.17. The van der Waals surface area contributed by atoms with Crippen molar-refractivity contribution in [1.29, 1.82) is 0 Å². The Morgan fingerprint density at radius 2 is 2.31 bits per heavy atom. The summed E-state index contributed by atoms with van der Waals surface area (Å²) in [5.74, 6) is 0.813. The number of carbonyl (C=O) groups excluding carboxylic acids is 1. The van der Waals surface area contributed by atoms with E-state index in [0.29, 0.717) is 18.3 Å². The van der Waals surface area contributed by atoms with E-state index in [1.807, 2.05) is 0 Å². The molecule has 2 heteroatoms. The van der Waals surface area contributed by atoms with Crippen LogP contribution in [0.3, 0.4) is 0 Å². The fourth-order valence-corrected chi connectivity index (χ4v) is 2.40. The van der Waals surface area contributed by atoms with Gasteiger partial charge in [-0.1, -0.05) is 31.2 Å². The first kappa shape index (κ1) is 13.0. The molecule has 2 atom stereocenters. The first-order valence-corrected chi connectivity index (χ1v) is 6.08. The Bertz CT molecular complexity index is 278. The Hall–Kier alpha value is -1.05. The number of esters is 1. The Balaban J connectivity index is 2.52. The lowest BCUT2D eigenvalue weighted by molar-refractivity contribution is -0.141. The van der Waals surface area contributed by atoms with Crippen LogP contribution in [0.2, 0.25) is 0 Å². The van der Waals surface area contributed by atoms with Crippen LogP contribution in [0.5, 0.6) is 0 Å². The highest BCUT2D eigenvalue weighted by molar-refractivity contribution is 5.69. The molecule has 1 aliphatic rings. The lowest BCUT2D eigenvalue weighted by atomic mass is 9.88. The van der Waals surface area contributed by atoms with E-state index in [1.165, 1.54) is 12.7 Å². The van der Waals surface area contributed by atoms with E-state index in [9.17, 15) is 4.79 Å². The normalized spacial score (nSPS) is 25.2. The van der Waals surface area contributed by atoms with Crippen LogP contribution in [0, 0.1) is 11.8 Å². The largest absolute Gasteiger partial charge is 0.469 e. The summed E-state index contributed by atoms with van der Waals surface area (Å²) in [5, 5.41) is 0. The van der Waals surface area contributed by atoms with Gasteiger partial charge in [-0.3, -0.25) is 4.79 Å². The van der Waals surface area contributed by atoms with Crippen molar-refractivity contribution in [1.82, 2.24) is 0 Å². The van der Waals surface area contributed by atoms with Crippen molar-refractivity contribution in [3.05, 3.63) is 24.3 Å². The van der Waals surface area contributed by atoms with Crippen molar-refractivity contribution in [3.63, 3.8) is 0 Å². The molecule has 0 aliphatic heterocycles. The molecule has 1 aliphatic carbocycles. The van der Waals surface area contributed by atoms with Crippen molar-refractivity contribution in [2.45, 2.75) is 39.0 Å². The minimum absolute atomic E-state index is 0.0934. The maximum atomic E-state index is 11.3. The van der Waals surface area contributed by atoms with Gasteiger partial charge < -0.3 is 4.74 Å². The van der Waals surface area contributed by atoms with E-state index in [0.717, 1.165) is 25.7 Å². The van der Waals surface area contributed by atoms with Gasteiger partial charge in [0.25, 0.3) is 0 Å². The zero-order valence-corrected chi connectivity index (χ0v) is 10.4. The van der Waals surface area contributed by atoms with E-state index >= 15 is 0 Å². The smallest absolute Gasteiger partial charge is 0.305 e. The first-order valence-electron chi connectivity index (χ1n) is 6.08. The van der Waals surface area contributed by atoms with E-state index in [4.69, 9.17) is 4.74 Å². The standard InChI is InChI=1S/C14H22O2/c1-4-5-6-7-13-11(2)8-9-12(13)10-14(15)16-3/h5-6,12-13H,2,4,7-10H2,1,3H3. The second-order valence-corrected chi connectivity index (χ2v) is 4.46. The van der Waals surface area contributed by atoms with Gasteiger partial charge >= 0.3 is 5.97 Å². The van der Waals surface area contributed by atoms with Gasteiger partial charge in [0, 0.05) is 6.42 Å². The number of carbonyl (C=O) groups is 1. The first-order chi connectivity index (χ1) is 7.69. The molecule has 0 aromatic rings. The minimum Gasteiger partial charge on any atom is -0.469 e. The second-order valence-electron chi connectivity index (χ2n) is 4.46. The van der Waals surface area contributed by atoms with Crippen LogP contribution in [0.25, 0.3) is 0 Å². The predicted molar refractivity (Wildman–Crippen MR) is 66.0 cm³/mol. The van der Waals surface area contributed by atoms with Gasteiger partial charge in [-0.05, 0) is 37.5 Å². The van der Waals surface area contributed by atoms with E-state index < -0.39 is 0 Å². The van der Waals surface area contributed by atoms with Gasteiger partial charge in [0.15, 0.2) is 0 Å². The molecule has 1 saturated carbocycles. The maximum absolute atomic E-state index is 11.3. The monoisotopic (exact) mass is 222 g/mol. The molecule has 0 saturated heterocycles. The molecular formula is C14H22O2. The van der Waals surface area contributed by atoms with Crippen molar-refractivity contribution < 1.29 is 9.53 Å². The second kappa shape index (κ2) is 6.51. The van der Waals surface area contributed by atoms with Crippen molar-refractivity contribution in [2.24, 2.45) is 11.8 Å². The molecule has 90 valence electrons. The van der Waals surface area contributed by atoms with Crippen molar-refractivity contribution >= 4 is 5.97 Å². The molecule has 2 unspecified atom stereocenters. The number of hydrogen-bond acceptors (Lipinski definition) is 2. The average Bonchev–Trinajstić information content (AvgIpc) is 2.61. The van der Waals surface area contributed by atoms with E-state index in [2.05, 4.69) is 25.7 Å². The molecule has 0 aromatic carbocycles. The van der Waals surface area contributed by atoms with Crippen molar-refractivity contribution in [2.75, 3.05) is 7.11 Å². The zero-order chi connectivity index (χ0) is 12.0. The van der Waals surface area contributed by atoms with Gasteiger partial charge in [0.2, 0.25) is 0 Å². The summed E-state index contributed by atoms with van der Waals surface area (Å²) in [7, 11) is 1.46. The van der Waals surface area contributed by atoms with Crippen molar-refractivity contribution in [3.8, 4) is 0 Å². The summed E-state index contributed by atoms with van der Waals surface area (Å²) in [5.41, 5.74) is 1.30. The highest BCUT2D eigenvalue weighted by Crippen LogP contribution is 2.40. The number of methoxy groups -OCH3 is 1. The van der Waals surface area contributed by atoms with Crippen LogP contribution < -0.4 is 0 Å². The molecule has 0 bridgehead atoms. The number of allylic oxidation sites excluding steroid dienone is 3. The zero-order valence-electron chi connectivity index (χ0n) is 10.4. The topological polar surface area (TPSA) is 26.3 Å². The maximum Gasteiger partial charge on any atom is 0.305 e. The summed E-state index contributed by atoms with van der Waals surface area (Å²) in [6, 6.07) is 0. The number of ether oxygens (including phenoxy) is 1. The van der Waals surface area contributed by atoms with Gasteiger partial charge in [-0.15, -0.1) is 0 Å². The molecule has 0 heterocycles. The van der Waals surface area contributed by atoms with Gasteiger partial charge in [0.05, 0.1) is 7.11 Å². The Morgan fingerprint density at radius 3 is 2.94 bits per heavy atom. The highest BCUT2D eigenvalue weighted by Gasteiger charge is 2.31. The van der Waals surface area contributed by atoms with Crippen LogP contribution >= 0.6 is 0 Å². The lowest BCUT2D eigenvalue weighted by Crippen LogP contribution is -2.14. The fraction of sp³-hybridized carbons (Fsp3) is 0.643. The van der Waals surface area contributed by atoms with Gasteiger partial charge in [-0.25, -0.2) is 0 Å². The van der Waals surface area contributed by atoms with E-state index in [1.54, 1.807) is 0 Å². The summed E-state index contributed by atoms with van der Waals surface area (Å²) >= 11 is 0. The molecule has 0 amide bonds. The van der Waals surface area contributed by atoms with Crippen LogP contribution in [0.1, 0.15) is 39.0 Å². The molecule has 1 fully saturated rings. The molecule has 1 rings (SSSR count). The summed E-state index contributed by atoms with van der Waals surface area (Å²) in [6.07, 6.45) is 9.17. The fourth-order valence-electron chi connectivity index (χ4n) is 2.40. The Kier molecular flexibility index (Phi) is 5.30. The highest BCUT2D eigenvalue weighted by atomic mass is 16.5. The third kappa shape index (κ3) is 3.51. The van der Waals surface area contributed by atoms with Gasteiger partial charge in [-0.2, -0.15) is 0 Å². The molecule has 16 heavy (non-hydrogen) atoms. The molecule has 0 N–H and O–H groups in total. The third-order valence-electron chi connectivity index (χ3n) is 3.38. The third-order valence-corrected chi connectivity index (χ3v) is 3.38. The van der Waals surface area contributed by atoms with Crippen LogP contribution in [0.4, 0.5) is 0 Å². The number of rotatable bonds is 5. The summed E-state index contributed by atoms with van der Waals surface area (Å²) < 4.78 is 4.73. The molecule has 0 radical (unpaired) electrons. The number of hydrogen-bond donors (Lipinski definition) is 0. The molecule has 0 aromatic heterocycles.